The van der Waals surface area contributed by atoms with Crippen LogP contribution in [0.2, 0.25) is 0 Å². The summed E-state index contributed by atoms with van der Waals surface area (Å²) in [5.74, 6) is -0.456. The fraction of sp³-hybridized carbons (Fsp3) is 0.231. The van der Waals surface area contributed by atoms with Crippen LogP contribution in [0.25, 0.3) is 0 Å². The van der Waals surface area contributed by atoms with Crippen LogP contribution < -0.4 is 0 Å². The van der Waals surface area contributed by atoms with E-state index < -0.39 is 10.8 Å². The molecule has 0 aliphatic rings. The fourth-order valence-corrected chi connectivity index (χ4v) is 1.92. The van der Waals surface area contributed by atoms with Crippen molar-refractivity contribution in [2.75, 3.05) is 6.61 Å². The summed E-state index contributed by atoms with van der Waals surface area (Å²) in [6, 6.07) is 9.14. The zero-order chi connectivity index (χ0) is 12.8. The van der Waals surface area contributed by atoms with Gasteiger partial charge in [-0.15, -0.1) is 0 Å². The Morgan fingerprint density at radius 3 is 2.82 bits per heavy atom. The Labute approximate surface area is 109 Å². The third-order valence-electron chi connectivity index (χ3n) is 2.20. The lowest BCUT2D eigenvalue weighted by Crippen LogP contribution is -2.11. The summed E-state index contributed by atoms with van der Waals surface area (Å²) < 4.78 is 4.87. The number of hydrogen-bond donors (Lipinski definition) is 0. The second-order valence-corrected chi connectivity index (χ2v) is 4.22. The predicted octanol–water partition coefficient (Wildman–Crippen LogP) is 3.11. The first kappa shape index (κ1) is 13.5. The zero-order valence-electron chi connectivity index (χ0n) is 9.44. The van der Waals surface area contributed by atoms with Crippen LogP contribution in [0.1, 0.15) is 22.9 Å². The SMILES string of the molecule is C=C(C(=O)OCC)C(Br)c1ccccc1C#N. The van der Waals surface area contributed by atoms with Crippen molar-refractivity contribution in [3.05, 3.63) is 47.5 Å². The summed E-state index contributed by atoms with van der Waals surface area (Å²) in [7, 11) is 0. The number of carbonyl (C=O) groups is 1. The van der Waals surface area contributed by atoms with E-state index in [2.05, 4.69) is 28.6 Å². The van der Waals surface area contributed by atoms with Crippen molar-refractivity contribution in [1.29, 1.82) is 5.26 Å². The standard InChI is InChI=1S/C13H12BrNO2/c1-3-17-13(16)9(2)12(14)11-7-5-4-6-10(11)8-15/h4-7,12H,2-3H2,1H3. The number of esters is 1. The van der Waals surface area contributed by atoms with Crippen molar-refractivity contribution < 1.29 is 9.53 Å². The summed E-state index contributed by atoms with van der Waals surface area (Å²) in [5, 5.41) is 8.97. The maximum absolute atomic E-state index is 11.5. The van der Waals surface area contributed by atoms with E-state index in [0.717, 1.165) is 0 Å². The Hall–Kier alpha value is -1.60. The Bertz CT molecular complexity index is 477. The number of nitrogens with zero attached hydrogens (tertiary/aromatic N) is 1. The van der Waals surface area contributed by atoms with Crippen molar-refractivity contribution in [3.8, 4) is 6.07 Å². The molecule has 1 rings (SSSR count). The molecule has 4 heteroatoms. The van der Waals surface area contributed by atoms with Crippen molar-refractivity contribution in [2.24, 2.45) is 0 Å². The predicted molar refractivity (Wildman–Crippen MR) is 68.6 cm³/mol. The van der Waals surface area contributed by atoms with Gasteiger partial charge in [-0.2, -0.15) is 5.26 Å². The molecular formula is C13H12BrNO2. The number of rotatable bonds is 4. The highest BCUT2D eigenvalue weighted by Gasteiger charge is 2.21. The molecule has 0 heterocycles. The molecule has 0 aliphatic carbocycles. The van der Waals surface area contributed by atoms with Gasteiger partial charge < -0.3 is 4.74 Å². The molecular weight excluding hydrogens is 282 g/mol. The highest BCUT2D eigenvalue weighted by atomic mass is 79.9. The minimum absolute atomic E-state index is 0.287. The topological polar surface area (TPSA) is 50.1 Å². The first-order valence-electron chi connectivity index (χ1n) is 5.10. The average Bonchev–Trinajstić information content (AvgIpc) is 2.37. The van der Waals surface area contributed by atoms with Gasteiger partial charge in [-0.05, 0) is 18.6 Å². The average molecular weight is 294 g/mol. The molecule has 1 atom stereocenters. The number of carbonyl (C=O) groups excluding carboxylic acids is 1. The highest BCUT2D eigenvalue weighted by Crippen LogP contribution is 2.32. The van der Waals surface area contributed by atoms with Crippen molar-refractivity contribution in [1.82, 2.24) is 0 Å². The second-order valence-electron chi connectivity index (χ2n) is 3.31. The fourth-order valence-electron chi connectivity index (χ4n) is 1.33. The summed E-state index contributed by atoms with van der Waals surface area (Å²) in [6.45, 7) is 5.73. The van der Waals surface area contributed by atoms with E-state index in [1.807, 2.05) is 6.07 Å². The van der Waals surface area contributed by atoms with Crippen molar-refractivity contribution in [2.45, 2.75) is 11.8 Å². The number of nitriles is 1. The lowest BCUT2D eigenvalue weighted by Gasteiger charge is -2.13. The van der Waals surface area contributed by atoms with Crippen LogP contribution in [0.5, 0.6) is 0 Å². The lowest BCUT2D eigenvalue weighted by atomic mass is 10.0. The maximum atomic E-state index is 11.5. The van der Waals surface area contributed by atoms with Gasteiger partial charge in [-0.25, -0.2) is 4.79 Å². The Morgan fingerprint density at radius 1 is 1.59 bits per heavy atom. The van der Waals surface area contributed by atoms with Crippen LogP contribution in [0.15, 0.2) is 36.4 Å². The normalized spacial score (nSPS) is 11.4. The molecule has 0 fully saturated rings. The van der Waals surface area contributed by atoms with Crippen LogP contribution >= 0.6 is 15.9 Å². The smallest absolute Gasteiger partial charge is 0.334 e. The Kier molecular flexibility index (Phi) is 4.92. The number of hydrogen-bond acceptors (Lipinski definition) is 3. The summed E-state index contributed by atoms with van der Waals surface area (Å²) in [6.07, 6.45) is 0. The van der Waals surface area contributed by atoms with Crippen LogP contribution in [-0.2, 0) is 9.53 Å². The molecule has 3 nitrogen and oxygen atoms in total. The van der Waals surface area contributed by atoms with E-state index in [9.17, 15) is 4.79 Å². The molecule has 0 N–H and O–H groups in total. The molecule has 0 spiro atoms. The van der Waals surface area contributed by atoms with E-state index in [1.54, 1.807) is 25.1 Å². The summed E-state index contributed by atoms with van der Waals surface area (Å²) in [4.78, 5) is 11.1. The first-order chi connectivity index (χ1) is 8.11. The van der Waals surface area contributed by atoms with E-state index in [1.165, 1.54) is 0 Å². The highest BCUT2D eigenvalue weighted by molar-refractivity contribution is 9.09. The molecule has 1 aromatic rings. The molecule has 88 valence electrons. The van der Waals surface area contributed by atoms with Crippen LogP contribution in [0.3, 0.4) is 0 Å². The Morgan fingerprint density at radius 2 is 2.24 bits per heavy atom. The molecule has 0 bridgehead atoms. The minimum Gasteiger partial charge on any atom is -0.463 e. The molecule has 0 radical (unpaired) electrons. The van der Waals surface area contributed by atoms with Crippen LogP contribution in [0.4, 0.5) is 0 Å². The summed E-state index contributed by atoms with van der Waals surface area (Å²) in [5.41, 5.74) is 1.52. The van der Waals surface area contributed by atoms with E-state index >= 15 is 0 Å². The van der Waals surface area contributed by atoms with Gasteiger partial charge in [0.2, 0.25) is 0 Å². The third-order valence-corrected chi connectivity index (χ3v) is 3.24. The molecule has 0 saturated heterocycles. The number of halogens is 1. The van der Waals surface area contributed by atoms with Gasteiger partial charge in [0.25, 0.3) is 0 Å². The van der Waals surface area contributed by atoms with Crippen molar-refractivity contribution >= 4 is 21.9 Å². The summed E-state index contributed by atoms with van der Waals surface area (Å²) >= 11 is 3.36. The largest absolute Gasteiger partial charge is 0.463 e. The zero-order valence-corrected chi connectivity index (χ0v) is 11.0. The van der Waals surface area contributed by atoms with E-state index in [4.69, 9.17) is 10.00 Å². The molecule has 1 unspecified atom stereocenters. The molecule has 0 aromatic heterocycles. The van der Waals surface area contributed by atoms with Crippen LogP contribution in [0, 0.1) is 11.3 Å². The van der Waals surface area contributed by atoms with Crippen molar-refractivity contribution in [3.63, 3.8) is 0 Å². The molecule has 0 aliphatic heterocycles. The second kappa shape index (κ2) is 6.21. The lowest BCUT2D eigenvalue weighted by molar-refractivity contribution is -0.138. The van der Waals surface area contributed by atoms with Crippen LogP contribution in [-0.4, -0.2) is 12.6 Å². The van der Waals surface area contributed by atoms with Gasteiger partial charge in [0.15, 0.2) is 0 Å². The number of benzene rings is 1. The minimum atomic E-state index is -0.456. The maximum Gasteiger partial charge on any atom is 0.334 e. The monoisotopic (exact) mass is 293 g/mol. The molecule has 1 aromatic carbocycles. The van der Waals surface area contributed by atoms with Gasteiger partial charge in [0.05, 0.1) is 23.1 Å². The Balaban J connectivity index is 2.97. The number of alkyl halides is 1. The van der Waals surface area contributed by atoms with E-state index in [0.29, 0.717) is 17.7 Å². The molecule has 0 amide bonds. The first-order valence-corrected chi connectivity index (χ1v) is 6.02. The number of ether oxygens (including phenoxy) is 1. The van der Waals surface area contributed by atoms with Gasteiger partial charge in [-0.3, -0.25) is 0 Å². The van der Waals surface area contributed by atoms with Gasteiger partial charge in [0.1, 0.15) is 0 Å². The quantitative estimate of drug-likeness (QED) is 0.487. The van der Waals surface area contributed by atoms with Gasteiger partial charge in [0, 0.05) is 5.57 Å². The molecule has 17 heavy (non-hydrogen) atoms. The molecule has 0 saturated carbocycles. The van der Waals surface area contributed by atoms with Gasteiger partial charge >= 0.3 is 5.97 Å². The van der Waals surface area contributed by atoms with Gasteiger partial charge in [-0.1, -0.05) is 40.7 Å². The third kappa shape index (κ3) is 3.18. The van der Waals surface area contributed by atoms with E-state index in [-0.39, 0.29) is 5.57 Å².